The van der Waals surface area contributed by atoms with Crippen LogP contribution in [0.4, 0.5) is 17.1 Å². The van der Waals surface area contributed by atoms with Gasteiger partial charge in [0, 0.05) is 23.0 Å². The number of benzene rings is 2. The zero-order valence-electron chi connectivity index (χ0n) is 14.6. The first-order valence-electron chi connectivity index (χ1n) is 8.53. The summed E-state index contributed by atoms with van der Waals surface area (Å²) in [6, 6.07) is 13.4. The van der Waals surface area contributed by atoms with Crippen molar-refractivity contribution < 1.29 is 9.59 Å². The molecule has 0 aliphatic heterocycles. The fraction of sp³-hybridized carbons (Fsp3) is 0.300. The van der Waals surface area contributed by atoms with Gasteiger partial charge < -0.3 is 16.0 Å². The number of aryl methyl sites for hydroxylation is 2. The summed E-state index contributed by atoms with van der Waals surface area (Å²) in [7, 11) is 0. The number of anilines is 3. The van der Waals surface area contributed by atoms with Crippen LogP contribution in [-0.4, -0.2) is 18.4 Å². The Hall–Kier alpha value is -2.82. The van der Waals surface area contributed by atoms with Crippen molar-refractivity contribution in [3.63, 3.8) is 0 Å². The average molecular weight is 337 g/mol. The highest BCUT2D eigenvalue weighted by atomic mass is 16.2. The van der Waals surface area contributed by atoms with Crippen LogP contribution in [0.5, 0.6) is 0 Å². The number of hydrogen-bond donors (Lipinski definition) is 3. The first-order valence-corrected chi connectivity index (χ1v) is 8.53. The molecule has 3 N–H and O–H groups in total. The van der Waals surface area contributed by atoms with Gasteiger partial charge in [0.25, 0.3) is 0 Å². The fourth-order valence-electron chi connectivity index (χ4n) is 2.50. The van der Waals surface area contributed by atoms with Crippen molar-refractivity contribution >= 4 is 28.9 Å². The highest BCUT2D eigenvalue weighted by molar-refractivity contribution is 5.95. The molecule has 2 aromatic rings. The van der Waals surface area contributed by atoms with Crippen molar-refractivity contribution in [2.45, 2.75) is 26.7 Å². The summed E-state index contributed by atoms with van der Waals surface area (Å²) in [6.07, 6.45) is 1.95. The minimum atomic E-state index is -0.115. The van der Waals surface area contributed by atoms with Crippen molar-refractivity contribution in [1.82, 2.24) is 0 Å². The molecule has 0 heterocycles. The molecule has 5 heteroatoms. The number of hydrogen-bond acceptors (Lipinski definition) is 3. The van der Waals surface area contributed by atoms with Gasteiger partial charge >= 0.3 is 0 Å². The lowest BCUT2D eigenvalue weighted by atomic mass is 10.1. The van der Waals surface area contributed by atoms with Crippen LogP contribution in [0.1, 0.15) is 24.0 Å². The van der Waals surface area contributed by atoms with E-state index in [1.165, 1.54) is 0 Å². The molecule has 0 spiro atoms. The SMILES string of the molecule is Cc1ccc(NC(=O)CNc2cc(NC(=O)C3CC3)ccc2C)cc1. The van der Waals surface area contributed by atoms with Crippen LogP contribution in [0, 0.1) is 19.8 Å². The van der Waals surface area contributed by atoms with Crippen molar-refractivity contribution in [3.8, 4) is 0 Å². The maximum Gasteiger partial charge on any atom is 0.243 e. The van der Waals surface area contributed by atoms with E-state index in [0.717, 1.165) is 41.0 Å². The molecule has 0 aromatic heterocycles. The molecule has 130 valence electrons. The first kappa shape index (κ1) is 17.0. The molecule has 0 unspecified atom stereocenters. The molecule has 1 aliphatic rings. The lowest BCUT2D eigenvalue weighted by Crippen LogP contribution is -2.22. The fourth-order valence-corrected chi connectivity index (χ4v) is 2.50. The standard InChI is InChI=1S/C20H23N3O2/c1-13-3-8-16(9-4-13)22-19(24)12-21-18-11-17(10-5-14(18)2)23-20(25)15-6-7-15/h3-5,8-11,15,21H,6-7,12H2,1-2H3,(H,22,24)(H,23,25). The predicted octanol–water partition coefficient (Wildman–Crippen LogP) is 3.70. The Morgan fingerprint density at radius 2 is 1.64 bits per heavy atom. The third-order valence-electron chi connectivity index (χ3n) is 4.23. The summed E-state index contributed by atoms with van der Waals surface area (Å²) in [5.74, 6) is 0.126. The van der Waals surface area contributed by atoms with Crippen LogP contribution in [0.15, 0.2) is 42.5 Å². The molecule has 2 amide bonds. The number of rotatable bonds is 6. The lowest BCUT2D eigenvalue weighted by Gasteiger charge is -2.12. The maximum absolute atomic E-state index is 12.1. The van der Waals surface area contributed by atoms with E-state index in [-0.39, 0.29) is 24.3 Å². The van der Waals surface area contributed by atoms with E-state index in [0.29, 0.717) is 0 Å². The second-order valence-electron chi connectivity index (χ2n) is 6.56. The van der Waals surface area contributed by atoms with Gasteiger partial charge in [0.05, 0.1) is 6.54 Å². The first-order chi connectivity index (χ1) is 12.0. The molecule has 0 bridgehead atoms. The van der Waals surface area contributed by atoms with Crippen LogP contribution in [0.2, 0.25) is 0 Å². The van der Waals surface area contributed by atoms with Crippen LogP contribution in [-0.2, 0) is 9.59 Å². The Labute approximate surface area is 147 Å². The Bertz CT molecular complexity index is 780. The van der Waals surface area contributed by atoms with Crippen LogP contribution < -0.4 is 16.0 Å². The second-order valence-corrected chi connectivity index (χ2v) is 6.56. The summed E-state index contributed by atoms with van der Waals surface area (Å²) in [6.45, 7) is 4.13. The minimum Gasteiger partial charge on any atom is -0.376 e. The summed E-state index contributed by atoms with van der Waals surface area (Å²) >= 11 is 0. The molecule has 0 saturated heterocycles. The predicted molar refractivity (Wildman–Crippen MR) is 101 cm³/mol. The summed E-state index contributed by atoms with van der Waals surface area (Å²) in [5, 5.41) is 8.92. The molecular formula is C20H23N3O2. The third kappa shape index (κ3) is 4.83. The van der Waals surface area contributed by atoms with Crippen molar-refractivity contribution in [2.24, 2.45) is 5.92 Å². The molecule has 1 fully saturated rings. The molecule has 0 atom stereocenters. The van der Waals surface area contributed by atoms with E-state index in [4.69, 9.17) is 0 Å². The van der Waals surface area contributed by atoms with E-state index in [9.17, 15) is 9.59 Å². The quantitative estimate of drug-likeness (QED) is 0.753. The van der Waals surface area contributed by atoms with E-state index in [1.807, 2.05) is 56.3 Å². The van der Waals surface area contributed by atoms with Gasteiger partial charge in [0.2, 0.25) is 11.8 Å². The van der Waals surface area contributed by atoms with Gasteiger partial charge in [-0.25, -0.2) is 0 Å². The van der Waals surface area contributed by atoms with Gasteiger partial charge in [0.15, 0.2) is 0 Å². The Kier molecular flexibility index (Phi) is 5.03. The van der Waals surface area contributed by atoms with Crippen molar-refractivity contribution in [1.29, 1.82) is 0 Å². The molecule has 2 aromatic carbocycles. The van der Waals surface area contributed by atoms with E-state index in [2.05, 4.69) is 16.0 Å². The average Bonchev–Trinajstić information content (AvgIpc) is 3.42. The topological polar surface area (TPSA) is 70.2 Å². The van der Waals surface area contributed by atoms with Crippen molar-refractivity contribution in [2.75, 3.05) is 22.5 Å². The summed E-state index contributed by atoms with van der Waals surface area (Å²) in [4.78, 5) is 24.0. The number of carbonyl (C=O) groups excluding carboxylic acids is 2. The highest BCUT2D eigenvalue weighted by Gasteiger charge is 2.29. The zero-order chi connectivity index (χ0) is 17.8. The summed E-state index contributed by atoms with van der Waals surface area (Å²) < 4.78 is 0. The van der Waals surface area contributed by atoms with E-state index >= 15 is 0 Å². The van der Waals surface area contributed by atoms with E-state index in [1.54, 1.807) is 0 Å². The van der Waals surface area contributed by atoms with Gasteiger partial charge in [-0.1, -0.05) is 23.8 Å². The van der Waals surface area contributed by atoms with Crippen LogP contribution in [0.25, 0.3) is 0 Å². The maximum atomic E-state index is 12.1. The Morgan fingerprint density at radius 1 is 0.960 bits per heavy atom. The van der Waals surface area contributed by atoms with Gasteiger partial charge in [-0.05, 0) is 56.5 Å². The second kappa shape index (κ2) is 7.38. The summed E-state index contributed by atoms with van der Waals surface area (Å²) in [5.41, 5.74) is 4.54. The van der Waals surface area contributed by atoms with Gasteiger partial charge in [-0.15, -0.1) is 0 Å². The largest absolute Gasteiger partial charge is 0.376 e. The molecular weight excluding hydrogens is 314 g/mol. The molecule has 3 rings (SSSR count). The van der Waals surface area contributed by atoms with Crippen LogP contribution >= 0.6 is 0 Å². The van der Waals surface area contributed by atoms with Gasteiger partial charge in [0.1, 0.15) is 0 Å². The lowest BCUT2D eigenvalue weighted by molar-refractivity contribution is -0.117. The number of nitrogens with one attached hydrogen (secondary N) is 3. The van der Waals surface area contributed by atoms with Gasteiger partial charge in [-0.2, -0.15) is 0 Å². The monoisotopic (exact) mass is 337 g/mol. The Balaban J connectivity index is 1.56. The van der Waals surface area contributed by atoms with Gasteiger partial charge in [-0.3, -0.25) is 9.59 Å². The molecule has 0 radical (unpaired) electrons. The van der Waals surface area contributed by atoms with Crippen molar-refractivity contribution in [3.05, 3.63) is 53.6 Å². The smallest absolute Gasteiger partial charge is 0.243 e. The van der Waals surface area contributed by atoms with Crippen LogP contribution in [0.3, 0.4) is 0 Å². The highest BCUT2D eigenvalue weighted by Crippen LogP contribution is 2.30. The molecule has 1 aliphatic carbocycles. The number of amides is 2. The zero-order valence-corrected chi connectivity index (χ0v) is 14.6. The molecule has 5 nitrogen and oxygen atoms in total. The molecule has 1 saturated carbocycles. The number of carbonyl (C=O) groups is 2. The minimum absolute atomic E-state index is 0.0758. The third-order valence-corrected chi connectivity index (χ3v) is 4.23. The normalized spacial score (nSPS) is 13.2. The molecule has 25 heavy (non-hydrogen) atoms. The van der Waals surface area contributed by atoms with E-state index < -0.39 is 0 Å². The Morgan fingerprint density at radius 3 is 2.32 bits per heavy atom.